The molecule has 2 atom stereocenters. The van der Waals surface area contributed by atoms with Gasteiger partial charge in [0.2, 0.25) is 0 Å². The number of nitrogens with one attached hydrogen (secondary N) is 1. The van der Waals surface area contributed by atoms with Gasteiger partial charge in [-0.25, -0.2) is 0 Å². The monoisotopic (exact) mass is 355 g/mol. The van der Waals surface area contributed by atoms with Crippen molar-refractivity contribution in [2.24, 2.45) is 0 Å². The van der Waals surface area contributed by atoms with Gasteiger partial charge in [0, 0.05) is 12.1 Å². The van der Waals surface area contributed by atoms with Crippen LogP contribution in [0.2, 0.25) is 0 Å². The number of rotatable bonds is 1. The Kier molecular flexibility index (Phi) is 4.09. The summed E-state index contributed by atoms with van der Waals surface area (Å²) >= 11 is 0. The fourth-order valence-electron chi connectivity index (χ4n) is 3.38. The van der Waals surface area contributed by atoms with Crippen LogP contribution in [0.3, 0.4) is 0 Å². The van der Waals surface area contributed by atoms with Gasteiger partial charge in [-0.1, -0.05) is 0 Å². The van der Waals surface area contributed by atoms with Crippen molar-refractivity contribution in [3.05, 3.63) is 34.9 Å². The molecule has 134 valence electrons. The predicted octanol–water partition coefficient (Wildman–Crippen LogP) is 3.06. The maximum atomic E-state index is 13.0. The molecule has 1 aromatic carbocycles. The van der Waals surface area contributed by atoms with Crippen LogP contribution in [0.25, 0.3) is 0 Å². The molecule has 0 spiro atoms. The second-order valence-electron chi connectivity index (χ2n) is 6.33. The highest BCUT2D eigenvalue weighted by atomic mass is 19.4. The Morgan fingerprint density at radius 2 is 1.38 bits per heavy atom. The minimum atomic E-state index is -4.93. The summed E-state index contributed by atoms with van der Waals surface area (Å²) in [6.07, 6.45) is -9.89. The zero-order valence-corrected chi connectivity index (χ0v) is 12.3. The van der Waals surface area contributed by atoms with Crippen molar-refractivity contribution in [2.45, 2.75) is 42.9 Å². The molecule has 1 aromatic rings. The van der Waals surface area contributed by atoms with E-state index in [1.165, 1.54) is 0 Å². The van der Waals surface area contributed by atoms with Crippen molar-refractivity contribution in [3.63, 3.8) is 0 Å². The quantitative estimate of drug-likeness (QED) is 0.761. The van der Waals surface area contributed by atoms with E-state index in [-0.39, 0.29) is 49.8 Å². The predicted molar refractivity (Wildman–Crippen MR) is 71.1 cm³/mol. The molecule has 24 heavy (non-hydrogen) atoms. The van der Waals surface area contributed by atoms with Crippen molar-refractivity contribution in [2.75, 3.05) is 13.2 Å². The number of morpholine rings is 1. The lowest BCUT2D eigenvalue weighted by molar-refractivity contribution is -0.143. The van der Waals surface area contributed by atoms with Gasteiger partial charge in [0.25, 0.3) is 0 Å². The first-order valence-corrected chi connectivity index (χ1v) is 7.33. The van der Waals surface area contributed by atoms with E-state index in [9.17, 15) is 31.4 Å². The Labute approximate surface area is 133 Å². The van der Waals surface area contributed by atoms with Gasteiger partial charge in [-0.15, -0.1) is 0 Å². The van der Waals surface area contributed by atoms with Gasteiger partial charge in [-0.05, 0) is 36.6 Å². The number of halogens is 6. The highest BCUT2D eigenvalue weighted by molar-refractivity contribution is 5.37. The number of fused-ring (bicyclic) bond motifs is 2. The summed E-state index contributed by atoms with van der Waals surface area (Å²) in [4.78, 5) is 0. The molecule has 0 amide bonds. The fraction of sp³-hybridized carbons (Fsp3) is 0.600. The third kappa shape index (κ3) is 3.38. The standard InChI is InChI=1S/C15H15F6NO2/c16-14(17,18)9-1-8(2-10(3-9)15(19,20)21)13(23)4-11-6-24-7-12(5-13)22-11/h1-3,11-12,22-23H,4-7H2. The van der Waals surface area contributed by atoms with Crippen molar-refractivity contribution in [1.82, 2.24) is 5.32 Å². The van der Waals surface area contributed by atoms with Crippen molar-refractivity contribution >= 4 is 0 Å². The van der Waals surface area contributed by atoms with Crippen LogP contribution >= 0.6 is 0 Å². The SMILES string of the molecule is OC1(c2cc(C(F)(F)F)cc(C(F)(F)F)c2)CC2COCC(C1)N2. The van der Waals surface area contributed by atoms with Crippen molar-refractivity contribution in [1.29, 1.82) is 0 Å². The first kappa shape index (κ1) is 17.5. The Morgan fingerprint density at radius 1 is 0.917 bits per heavy atom. The van der Waals surface area contributed by atoms with Crippen LogP contribution in [0.4, 0.5) is 26.3 Å². The van der Waals surface area contributed by atoms with Gasteiger partial charge in [0.05, 0.1) is 29.9 Å². The average Bonchev–Trinajstić information content (AvgIpc) is 2.44. The van der Waals surface area contributed by atoms with Gasteiger partial charge in [0.1, 0.15) is 0 Å². The molecular formula is C15H15F6NO2. The largest absolute Gasteiger partial charge is 0.416 e. The van der Waals surface area contributed by atoms with Crippen LogP contribution in [0.5, 0.6) is 0 Å². The lowest BCUT2D eigenvalue weighted by atomic mass is 9.77. The molecule has 2 fully saturated rings. The normalized spacial score (nSPS) is 31.1. The molecule has 2 saturated heterocycles. The molecule has 2 aliphatic heterocycles. The summed E-state index contributed by atoms with van der Waals surface area (Å²) in [5.41, 5.74) is -4.95. The minimum Gasteiger partial charge on any atom is -0.385 e. The first-order valence-electron chi connectivity index (χ1n) is 7.33. The lowest BCUT2D eigenvalue weighted by Gasteiger charge is -2.45. The topological polar surface area (TPSA) is 41.5 Å². The summed E-state index contributed by atoms with van der Waals surface area (Å²) in [5.74, 6) is 0. The Balaban J connectivity index is 2.06. The zero-order valence-electron chi connectivity index (χ0n) is 12.3. The van der Waals surface area contributed by atoms with Crippen LogP contribution in [0.1, 0.15) is 29.5 Å². The third-order valence-electron chi connectivity index (χ3n) is 4.40. The van der Waals surface area contributed by atoms with Crippen molar-refractivity contribution in [3.8, 4) is 0 Å². The Hall–Kier alpha value is -1.32. The Morgan fingerprint density at radius 3 is 1.79 bits per heavy atom. The summed E-state index contributed by atoms with van der Waals surface area (Å²) in [5, 5.41) is 13.9. The molecule has 0 saturated carbocycles. The van der Waals surface area contributed by atoms with E-state index in [4.69, 9.17) is 4.74 Å². The smallest absolute Gasteiger partial charge is 0.385 e. The number of aliphatic hydroxyl groups is 1. The van der Waals surface area contributed by atoms with E-state index in [2.05, 4.69) is 5.32 Å². The number of piperidine rings is 1. The van der Waals surface area contributed by atoms with Crippen molar-refractivity contribution < 1.29 is 36.2 Å². The van der Waals surface area contributed by atoms with E-state index in [1.54, 1.807) is 0 Å². The molecule has 0 aromatic heterocycles. The van der Waals surface area contributed by atoms with Gasteiger partial charge in [-0.3, -0.25) is 0 Å². The number of alkyl halides is 6. The summed E-state index contributed by atoms with van der Waals surface area (Å²) in [6.45, 7) is 0.508. The van der Waals surface area contributed by atoms with Crippen LogP contribution in [0.15, 0.2) is 18.2 Å². The fourth-order valence-corrected chi connectivity index (χ4v) is 3.38. The average molecular weight is 355 g/mol. The summed E-state index contributed by atoms with van der Waals surface area (Å²) in [6, 6.07) is 0.657. The minimum absolute atomic E-state index is 0.0118. The highest BCUT2D eigenvalue weighted by Gasteiger charge is 2.45. The number of benzene rings is 1. The second kappa shape index (κ2) is 5.60. The molecule has 0 radical (unpaired) electrons. The molecule has 2 heterocycles. The van der Waals surface area contributed by atoms with E-state index >= 15 is 0 Å². The van der Waals surface area contributed by atoms with Gasteiger partial charge in [-0.2, -0.15) is 26.3 Å². The molecule has 3 rings (SSSR count). The molecular weight excluding hydrogens is 340 g/mol. The summed E-state index contributed by atoms with van der Waals surface area (Å²) < 4.78 is 83.2. The number of ether oxygens (including phenoxy) is 1. The number of hydrogen-bond donors (Lipinski definition) is 2. The van der Waals surface area contributed by atoms with Crippen LogP contribution in [-0.2, 0) is 22.7 Å². The highest BCUT2D eigenvalue weighted by Crippen LogP contribution is 2.42. The maximum absolute atomic E-state index is 13.0. The van der Waals surface area contributed by atoms with Crippen LogP contribution < -0.4 is 5.32 Å². The van der Waals surface area contributed by atoms with E-state index in [0.29, 0.717) is 12.1 Å². The first-order chi connectivity index (χ1) is 11.0. The molecule has 3 nitrogen and oxygen atoms in total. The van der Waals surface area contributed by atoms with E-state index in [0.717, 1.165) is 0 Å². The molecule has 0 aliphatic carbocycles. The summed E-state index contributed by atoms with van der Waals surface area (Å²) in [7, 11) is 0. The zero-order chi connectivity index (χ0) is 17.8. The van der Waals surface area contributed by atoms with E-state index < -0.39 is 29.1 Å². The third-order valence-corrected chi connectivity index (χ3v) is 4.40. The van der Waals surface area contributed by atoms with Crippen LogP contribution in [0, 0.1) is 0 Å². The van der Waals surface area contributed by atoms with Gasteiger partial charge < -0.3 is 15.2 Å². The molecule has 2 bridgehead atoms. The van der Waals surface area contributed by atoms with Crippen LogP contribution in [-0.4, -0.2) is 30.4 Å². The molecule has 2 N–H and O–H groups in total. The van der Waals surface area contributed by atoms with E-state index in [1.807, 2.05) is 0 Å². The second-order valence-corrected chi connectivity index (χ2v) is 6.33. The Bertz CT molecular complexity index is 583. The molecule has 9 heteroatoms. The number of hydrogen-bond acceptors (Lipinski definition) is 3. The lowest BCUT2D eigenvalue weighted by Crippen LogP contribution is -2.58. The van der Waals surface area contributed by atoms with Gasteiger partial charge >= 0.3 is 12.4 Å². The molecule has 2 aliphatic rings. The molecule has 2 unspecified atom stereocenters. The maximum Gasteiger partial charge on any atom is 0.416 e. The van der Waals surface area contributed by atoms with Gasteiger partial charge in [0.15, 0.2) is 0 Å².